The minimum Gasteiger partial charge on any atom is -0.394 e. The molecule has 0 amide bonds. The molecule has 1 aromatic heterocycles. The summed E-state index contributed by atoms with van der Waals surface area (Å²) in [6, 6.07) is 0. The molecule has 0 saturated heterocycles. The Morgan fingerprint density at radius 1 is 1.29 bits per heavy atom. The van der Waals surface area contributed by atoms with E-state index in [-0.39, 0.29) is 12.7 Å². The molecule has 0 aromatic carbocycles. The molecular weight excluding hydrogens is 227 g/mol. The van der Waals surface area contributed by atoms with Gasteiger partial charge in [0.05, 0.1) is 19.3 Å². The molecule has 1 atom stereocenters. The van der Waals surface area contributed by atoms with E-state index in [0.29, 0.717) is 23.3 Å². The van der Waals surface area contributed by atoms with Gasteiger partial charge >= 0.3 is 0 Å². The molecule has 2 rings (SSSR count). The third-order valence-electron chi connectivity index (χ3n) is 2.19. The lowest BCUT2D eigenvalue weighted by Crippen LogP contribution is -2.26. The van der Waals surface area contributed by atoms with Gasteiger partial charge in [0.2, 0.25) is 0 Å². The average Bonchev–Trinajstić information content (AvgIpc) is 2.23. The summed E-state index contributed by atoms with van der Waals surface area (Å²) in [5.41, 5.74) is 1.60. The van der Waals surface area contributed by atoms with Crippen LogP contribution in [0, 0.1) is 0 Å². The van der Waals surface area contributed by atoms with Gasteiger partial charge in [-0.05, 0) is 0 Å². The number of hydrogen-bond donors (Lipinski definition) is 1. The molecule has 0 unspecified atom stereocenters. The Bertz CT molecular complexity index is 359. The van der Waals surface area contributed by atoms with Crippen LogP contribution in [0.15, 0.2) is 0 Å². The highest BCUT2D eigenvalue weighted by Crippen LogP contribution is 2.29. The number of ether oxygens (including phenoxy) is 1. The third-order valence-corrected chi connectivity index (χ3v) is 2.79. The minimum atomic E-state index is -0.222. The number of aromatic nitrogens is 2. The van der Waals surface area contributed by atoms with E-state index in [9.17, 15) is 0 Å². The van der Waals surface area contributed by atoms with Crippen LogP contribution in [0.3, 0.4) is 0 Å². The van der Waals surface area contributed by atoms with Crippen LogP contribution in [0.1, 0.15) is 11.1 Å². The lowest BCUT2D eigenvalue weighted by molar-refractivity contribution is -0.00730. The first-order valence-electron chi connectivity index (χ1n) is 4.14. The van der Waals surface area contributed by atoms with Crippen LogP contribution < -0.4 is 0 Å². The molecule has 2 heterocycles. The lowest BCUT2D eigenvalue weighted by atomic mass is 10.0. The molecule has 14 heavy (non-hydrogen) atoms. The predicted octanol–water partition coefficient (Wildman–Crippen LogP) is 1.22. The first-order chi connectivity index (χ1) is 6.72. The van der Waals surface area contributed by atoms with Crippen LogP contribution in [0.4, 0.5) is 0 Å². The summed E-state index contributed by atoms with van der Waals surface area (Å²) in [6.45, 7) is 0.296. The van der Waals surface area contributed by atoms with E-state index < -0.39 is 0 Å². The van der Waals surface area contributed by atoms with Gasteiger partial charge in [-0.25, -0.2) is 0 Å². The molecule has 1 aliphatic rings. The second-order valence-electron chi connectivity index (χ2n) is 3.06. The molecular formula is C8H8Cl2N2O2. The highest BCUT2D eigenvalue weighted by atomic mass is 35.5. The number of rotatable bonds is 1. The van der Waals surface area contributed by atoms with E-state index in [2.05, 4.69) is 10.2 Å². The topological polar surface area (TPSA) is 55.2 Å². The predicted molar refractivity (Wildman–Crippen MR) is 51.4 cm³/mol. The van der Waals surface area contributed by atoms with Gasteiger partial charge < -0.3 is 9.84 Å². The number of aliphatic hydroxyl groups is 1. The zero-order valence-electron chi connectivity index (χ0n) is 7.20. The van der Waals surface area contributed by atoms with Gasteiger partial charge in [-0.1, -0.05) is 23.2 Å². The third kappa shape index (κ3) is 1.70. The average molecular weight is 235 g/mol. The molecule has 0 bridgehead atoms. The van der Waals surface area contributed by atoms with E-state index >= 15 is 0 Å². The molecule has 1 N–H and O–H groups in total. The van der Waals surface area contributed by atoms with Crippen LogP contribution in [0.2, 0.25) is 10.3 Å². The van der Waals surface area contributed by atoms with Gasteiger partial charge in [0.25, 0.3) is 0 Å². The van der Waals surface area contributed by atoms with Crippen molar-refractivity contribution in [2.75, 3.05) is 6.61 Å². The number of hydrogen-bond acceptors (Lipinski definition) is 4. The number of nitrogens with zero attached hydrogens (tertiary/aromatic N) is 2. The van der Waals surface area contributed by atoms with Crippen molar-refractivity contribution in [3.05, 3.63) is 21.4 Å². The zero-order valence-corrected chi connectivity index (χ0v) is 8.72. The van der Waals surface area contributed by atoms with Gasteiger partial charge in [-0.2, -0.15) is 0 Å². The van der Waals surface area contributed by atoms with Gasteiger partial charge in [0, 0.05) is 17.5 Å². The van der Waals surface area contributed by atoms with Crippen LogP contribution in [0.5, 0.6) is 0 Å². The Labute approximate surface area is 90.8 Å². The maximum Gasteiger partial charge on any atom is 0.157 e. The summed E-state index contributed by atoms with van der Waals surface area (Å²) < 4.78 is 5.33. The van der Waals surface area contributed by atoms with E-state index in [0.717, 1.165) is 11.1 Å². The summed E-state index contributed by atoms with van der Waals surface area (Å²) in [6.07, 6.45) is 0.306. The van der Waals surface area contributed by atoms with Crippen molar-refractivity contribution in [1.29, 1.82) is 0 Å². The fourth-order valence-corrected chi connectivity index (χ4v) is 1.85. The summed E-state index contributed by atoms with van der Waals surface area (Å²) in [5.74, 6) is 0. The van der Waals surface area contributed by atoms with E-state index in [1.807, 2.05) is 0 Å². The molecule has 4 nitrogen and oxygen atoms in total. The van der Waals surface area contributed by atoms with Crippen LogP contribution >= 0.6 is 23.2 Å². The maximum atomic E-state index is 8.94. The first-order valence-corrected chi connectivity index (χ1v) is 4.90. The number of halogens is 2. The molecule has 0 fully saturated rings. The Balaban J connectivity index is 2.40. The zero-order chi connectivity index (χ0) is 10.1. The molecule has 0 spiro atoms. The molecule has 0 aliphatic carbocycles. The lowest BCUT2D eigenvalue weighted by Gasteiger charge is -2.24. The van der Waals surface area contributed by atoms with Crippen molar-refractivity contribution < 1.29 is 9.84 Å². The largest absolute Gasteiger partial charge is 0.394 e. The fourth-order valence-electron chi connectivity index (χ4n) is 1.42. The van der Waals surface area contributed by atoms with Gasteiger partial charge in [0.15, 0.2) is 10.3 Å². The number of fused-ring (bicyclic) bond motifs is 1. The summed E-state index contributed by atoms with van der Waals surface area (Å²) in [5, 5.41) is 17.0. The Morgan fingerprint density at radius 2 is 1.93 bits per heavy atom. The molecule has 1 aliphatic heterocycles. The molecule has 1 aromatic rings. The fraction of sp³-hybridized carbons (Fsp3) is 0.500. The van der Waals surface area contributed by atoms with Crippen molar-refractivity contribution >= 4 is 23.2 Å². The normalized spacial score (nSPS) is 20.6. The van der Waals surface area contributed by atoms with Crippen LogP contribution in [-0.2, 0) is 17.8 Å². The maximum absolute atomic E-state index is 8.94. The highest BCUT2D eigenvalue weighted by Gasteiger charge is 2.24. The first kappa shape index (κ1) is 10.1. The standard InChI is InChI=1S/C8H8Cl2N2O2/c9-7-5-1-4(2-13)14-3-6(5)8(10)12-11-7/h4,13H,1-3H2/t4-/m0/s1. The minimum absolute atomic E-state index is 0.0320. The molecule has 76 valence electrons. The van der Waals surface area contributed by atoms with Crippen molar-refractivity contribution in [1.82, 2.24) is 10.2 Å². The monoisotopic (exact) mass is 234 g/mol. The second kappa shape index (κ2) is 3.98. The van der Waals surface area contributed by atoms with Gasteiger partial charge in [0.1, 0.15) is 0 Å². The van der Waals surface area contributed by atoms with Crippen molar-refractivity contribution in [3.63, 3.8) is 0 Å². The number of aliphatic hydroxyl groups excluding tert-OH is 1. The van der Waals surface area contributed by atoms with Crippen LogP contribution in [-0.4, -0.2) is 28.0 Å². The van der Waals surface area contributed by atoms with Crippen molar-refractivity contribution in [2.45, 2.75) is 19.1 Å². The smallest absolute Gasteiger partial charge is 0.157 e. The van der Waals surface area contributed by atoms with Crippen LogP contribution in [0.25, 0.3) is 0 Å². The Hall–Kier alpha value is -0.420. The molecule has 6 heteroatoms. The van der Waals surface area contributed by atoms with E-state index in [1.54, 1.807) is 0 Å². The Morgan fingerprint density at radius 3 is 2.57 bits per heavy atom. The van der Waals surface area contributed by atoms with E-state index in [4.69, 9.17) is 33.0 Å². The second-order valence-corrected chi connectivity index (χ2v) is 3.77. The van der Waals surface area contributed by atoms with Crippen molar-refractivity contribution in [2.24, 2.45) is 0 Å². The Kier molecular flexibility index (Phi) is 2.88. The SMILES string of the molecule is OC[C@@H]1Cc2c(Cl)nnc(Cl)c2CO1. The summed E-state index contributed by atoms with van der Waals surface area (Å²) in [4.78, 5) is 0. The quantitative estimate of drug-likeness (QED) is 0.794. The highest BCUT2D eigenvalue weighted by molar-refractivity contribution is 6.32. The molecule has 0 saturated carbocycles. The molecule has 0 radical (unpaired) electrons. The summed E-state index contributed by atoms with van der Waals surface area (Å²) in [7, 11) is 0. The summed E-state index contributed by atoms with van der Waals surface area (Å²) >= 11 is 11.7. The van der Waals surface area contributed by atoms with Gasteiger partial charge in [-0.3, -0.25) is 0 Å². The van der Waals surface area contributed by atoms with Gasteiger partial charge in [-0.15, -0.1) is 10.2 Å². The van der Waals surface area contributed by atoms with E-state index in [1.165, 1.54) is 0 Å². The van der Waals surface area contributed by atoms with Crippen molar-refractivity contribution in [3.8, 4) is 0 Å².